The van der Waals surface area contributed by atoms with Crippen molar-refractivity contribution >= 4 is 0 Å². The van der Waals surface area contributed by atoms with Crippen molar-refractivity contribution in [3.05, 3.63) is 0 Å². The molecule has 0 unspecified atom stereocenters. The van der Waals surface area contributed by atoms with Gasteiger partial charge in [-0.15, -0.1) is 0 Å². The van der Waals surface area contributed by atoms with E-state index in [1.165, 1.54) is 0 Å². The number of halogens is 1. The van der Waals surface area contributed by atoms with E-state index >= 15 is 0 Å². The molecule has 0 aromatic carbocycles. The van der Waals surface area contributed by atoms with Crippen molar-refractivity contribution in [1.82, 2.24) is 0 Å². The highest BCUT2D eigenvalue weighted by Gasteiger charge is 1.71. The van der Waals surface area contributed by atoms with Gasteiger partial charge in [-0.1, -0.05) is 0 Å². The maximum atomic E-state index is 8.69. The van der Waals surface area contributed by atoms with Crippen molar-refractivity contribution in [2.24, 2.45) is 0 Å². The first-order valence-corrected chi connectivity index (χ1v) is 1.11. The Bertz CT molecular complexity index is 5.25. The van der Waals surface area contributed by atoms with Gasteiger partial charge in [0.2, 0.25) is 0 Å². The second kappa shape index (κ2) is 3.17. The van der Waals surface area contributed by atoms with Crippen LogP contribution < -0.4 is 4.66 Å². The number of hydrogen-bond acceptors (Lipinski definition) is 3. The van der Waals surface area contributed by atoms with E-state index in [2.05, 4.69) is 4.44 Å². The maximum absolute atomic E-state index is 8.69. The number of hydrogen-bond donors (Lipinski definition) is 1. The highest BCUT2D eigenvalue weighted by atomic mass is 35.6. The summed E-state index contributed by atoms with van der Waals surface area (Å²) in [7, 11) is 0. The summed E-state index contributed by atoms with van der Waals surface area (Å²) in [6, 6.07) is 0. The zero-order valence-corrected chi connectivity index (χ0v) is 2.40. The third-order valence-corrected chi connectivity index (χ3v) is 0.0845. The molecule has 0 amide bonds. The fourth-order valence-electron chi connectivity index (χ4n) is 0. The Hall–Kier alpha value is 0.170. The fraction of sp³-hybridized carbons (Fsp3) is 0. The standard InChI is InChI=1S/ClHO3/c2-1-4-3/h3H. The van der Waals surface area contributed by atoms with Crippen LogP contribution in [0, 0.1) is 11.3 Å². The SMILES string of the molecule is [O-][Cl+]OO. The van der Waals surface area contributed by atoms with Gasteiger partial charge in [0.1, 0.15) is 0 Å². The summed E-state index contributed by atoms with van der Waals surface area (Å²) in [5, 5.41) is 7.00. The van der Waals surface area contributed by atoms with Gasteiger partial charge in [-0.3, -0.25) is 0 Å². The minimum atomic E-state index is 0.0201. The van der Waals surface area contributed by atoms with Crippen molar-refractivity contribution in [2.45, 2.75) is 0 Å². The van der Waals surface area contributed by atoms with E-state index in [9.17, 15) is 0 Å². The molecular formula is HClO3. The molecule has 0 spiro atoms. The molecule has 0 aromatic heterocycles. The molecule has 4 heavy (non-hydrogen) atoms. The van der Waals surface area contributed by atoms with Crippen LogP contribution in [0.5, 0.6) is 0 Å². The quantitative estimate of drug-likeness (QED) is 0.319. The Morgan fingerprint density at radius 3 is 2.25 bits per heavy atom. The molecule has 4 heteroatoms. The van der Waals surface area contributed by atoms with E-state index in [0.29, 0.717) is 0 Å². The molecule has 0 aromatic rings. The van der Waals surface area contributed by atoms with Crippen LogP contribution in [0.3, 0.4) is 0 Å². The van der Waals surface area contributed by atoms with Crippen molar-refractivity contribution < 1.29 is 25.7 Å². The highest BCUT2D eigenvalue weighted by Crippen LogP contribution is 1.45. The molecule has 26 valence electrons. The Morgan fingerprint density at radius 2 is 2.25 bits per heavy atom. The van der Waals surface area contributed by atoms with Gasteiger partial charge in [0.05, 0.1) is 4.44 Å². The normalized spacial score (nSPS) is 7.50. The topological polar surface area (TPSA) is 52.5 Å². The van der Waals surface area contributed by atoms with E-state index in [4.69, 9.17) is 9.92 Å². The summed E-state index contributed by atoms with van der Waals surface area (Å²) in [6.07, 6.45) is 0. The second-order valence-electron chi connectivity index (χ2n) is 0.132. The first-order chi connectivity index (χ1) is 1.91. The summed E-state index contributed by atoms with van der Waals surface area (Å²) < 4.78 is 11.5. The molecule has 0 aliphatic heterocycles. The third-order valence-electron chi connectivity index (χ3n) is 0.0282. The summed E-state index contributed by atoms with van der Waals surface area (Å²) in [5.41, 5.74) is 0. The average Bonchev–Trinajstić information content (AvgIpc) is 1.37. The molecule has 3 nitrogen and oxygen atoms in total. The Morgan fingerprint density at radius 1 is 2.00 bits per heavy atom. The first kappa shape index (κ1) is 4.17. The summed E-state index contributed by atoms with van der Waals surface area (Å²) >= 11 is 0.0201. The molecule has 0 saturated heterocycles. The predicted octanol–water partition coefficient (Wildman–Crippen LogP) is -1.25. The smallest absolute Gasteiger partial charge is 0.365 e. The Labute approximate surface area is 26.8 Å². The summed E-state index contributed by atoms with van der Waals surface area (Å²) in [6.45, 7) is 0. The van der Waals surface area contributed by atoms with Crippen LogP contribution in [-0.2, 0) is 4.44 Å². The molecule has 0 atom stereocenters. The van der Waals surface area contributed by atoms with Crippen LogP contribution in [0.4, 0.5) is 0 Å². The molecular weight excluding hydrogens is 83.5 g/mol. The van der Waals surface area contributed by atoms with Crippen LogP contribution in [0.1, 0.15) is 0 Å². The van der Waals surface area contributed by atoms with Crippen LogP contribution in [-0.4, -0.2) is 5.26 Å². The van der Waals surface area contributed by atoms with E-state index < -0.39 is 0 Å². The van der Waals surface area contributed by atoms with E-state index in [0.717, 1.165) is 0 Å². The van der Waals surface area contributed by atoms with Crippen molar-refractivity contribution in [3.63, 3.8) is 0 Å². The fourth-order valence-corrected chi connectivity index (χ4v) is 0. The van der Waals surface area contributed by atoms with Gasteiger partial charge in [0.15, 0.2) is 0 Å². The van der Waals surface area contributed by atoms with Crippen molar-refractivity contribution in [3.8, 4) is 0 Å². The second-order valence-corrected chi connectivity index (χ2v) is 0.396. The lowest BCUT2D eigenvalue weighted by molar-refractivity contribution is -1.30. The van der Waals surface area contributed by atoms with E-state index in [1.54, 1.807) is 0 Å². The monoisotopic (exact) mass is 84.0 g/mol. The molecule has 0 aliphatic carbocycles. The average molecular weight is 84.5 g/mol. The highest BCUT2D eigenvalue weighted by molar-refractivity contribution is 2.30. The Kier molecular flexibility index (Phi) is 3.30. The largest absolute Gasteiger partial charge is 0.504 e. The van der Waals surface area contributed by atoms with Crippen LogP contribution in [0.15, 0.2) is 0 Å². The molecule has 0 heterocycles. The Balaban J connectivity index is 1.97. The lowest BCUT2D eigenvalue weighted by atomic mass is 15.0. The van der Waals surface area contributed by atoms with Gasteiger partial charge in [-0.25, -0.2) is 0 Å². The van der Waals surface area contributed by atoms with Crippen molar-refractivity contribution in [1.29, 1.82) is 0 Å². The lowest BCUT2D eigenvalue weighted by Crippen LogP contribution is -1.99. The molecule has 0 fully saturated rings. The lowest BCUT2D eigenvalue weighted by Gasteiger charge is -1.60. The van der Waals surface area contributed by atoms with E-state index in [-0.39, 0.29) is 11.3 Å². The van der Waals surface area contributed by atoms with Gasteiger partial charge in [-0.05, 0) is 0 Å². The minimum Gasteiger partial charge on any atom is -0.504 e. The van der Waals surface area contributed by atoms with Crippen LogP contribution in [0.25, 0.3) is 0 Å². The third kappa shape index (κ3) is 2.17. The maximum Gasteiger partial charge on any atom is 0.365 e. The molecule has 0 aliphatic rings. The molecule has 0 bridgehead atoms. The zero-order valence-electron chi connectivity index (χ0n) is 1.64. The van der Waals surface area contributed by atoms with Gasteiger partial charge >= 0.3 is 11.3 Å². The van der Waals surface area contributed by atoms with E-state index in [1.807, 2.05) is 0 Å². The van der Waals surface area contributed by atoms with Crippen molar-refractivity contribution in [2.75, 3.05) is 0 Å². The van der Waals surface area contributed by atoms with Gasteiger partial charge in [-0.2, -0.15) is 5.26 Å². The zero-order chi connectivity index (χ0) is 3.41. The molecule has 0 rings (SSSR count). The number of rotatable bonds is 1. The first-order valence-electron chi connectivity index (χ1n) is 0.491. The van der Waals surface area contributed by atoms with Crippen LogP contribution in [0.2, 0.25) is 0 Å². The predicted molar refractivity (Wildman–Crippen MR) is 3.71 cm³/mol. The molecule has 1 N–H and O–H groups in total. The van der Waals surface area contributed by atoms with Gasteiger partial charge < -0.3 is 4.66 Å². The molecule has 0 radical (unpaired) electrons. The molecule has 0 saturated carbocycles. The summed E-state index contributed by atoms with van der Waals surface area (Å²) in [5.74, 6) is 0. The van der Waals surface area contributed by atoms with Gasteiger partial charge in [0.25, 0.3) is 0 Å². The van der Waals surface area contributed by atoms with Crippen LogP contribution >= 0.6 is 0 Å². The minimum absolute atomic E-state index is 0.0201. The summed E-state index contributed by atoms with van der Waals surface area (Å²) in [4.78, 5) is 0. The van der Waals surface area contributed by atoms with Gasteiger partial charge in [0, 0.05) is 0 Å².